The van der Waals surface area contributed by atoms with E-state index in [0.29, 0.717) is 12.1 Å². The van der Waals surface area contributed by atoms with Gasteiger partial charge in [-0.05, 0) is 52.5 Å². The molecule has 0 bridgehead atoms. The highest BCUT2D eigenvalue weighted by Gasteiger charge is 2.28. The molecule has 0 aliphatic carbocycles. The molecule has 4 nitrogen and oxygen atoms in total. The minimum Gasteiger partial charge on any atom is -0.373 e. The van der Waals surface area contributed by atoms with Crippen molar-refractivity contribution < 1.29 is 5.11 Å². The summed E-state index contributed by atoms with van der Waals surface area (Å²) in [5.41, 5.74) is 1.21. The third kappa shape index (κ3) is 2.63. The molecule has 2 unspecified atom stereocenters. The van der Waals surface area contributed by atoms with E-state index in [-0.39, 0.29) is 6.23 Å². The molecule has 0 amide bonds. The zero-order valence-corrected chi connectivity index (χ0v) is 12.8. The topological polar surface area (TPSA) is 41.3 Å². The molecule has 0 spiro atoms. The third-order valence-corrected chi connectivity index (χ3v) is 4.90. The maximum atomic E-state index is 10.2. The van der Waals surface area contributed by atoms with Crippen LogP contribution in [0, 0.1) is 0 Å². The maximum absolute atomic E-state index is 10.2. The summed E-state index contributed by atoms with van der Waals surface area (Å²) in [4.78, 5) is 7.22. The van der Waals surface area contributed by atoms with E-state index in [1.165, 1.54) is 31.5 Å². The SMILES string of the molecule is CC(C)N1CCCCC1Cc1ncc2n1C(O)CCC2. The van der Waals surface area contributed by atoms with Gasteiger partial charge in [0.2, 0.25) is 0 Å². The monoisotopic (exact) mass is 277 g/mol. The first-order chi connectivity index (χ1) is 9.66. The molecule has 112 valence electrons. The first-order valence-electron chi connectivity index (χ1n) is 8.15. The lowest BCUT2D eigenvalue weighted by molar-refractivity contribution is 0.0700. The molecular formula is C16H27N3O. The average Bonchev–Trinajstić information content (AvgIpc) is 2.84. The van der Waals surface area contributed by atoms with Crippen molar-refractivity contribution in [3.05, 3.63) is 17.7 Å². The van der Waals surface area contributed by atoms with Crippen molar-refractivity contribution in [1.82, 2.24) is 14.5 Å². The summed E-state index contributed by atoms with van der Waals surface area (Å²) in [6.45, 7) is 5.78. The first-order valence-corrected chi connectivity index (χ1v) is 8.15. The fourth-order valence-electron chi connectivity index (χ4n) is 3.87. The van der Waals surface area contributed by atoms with E-state index in [1.54, 1.807) is 0 Å². The summed E-state index contributed by atoms with van der Waals surface area (Å²) in [6.07, 6.45) is 9.51. The molecule has 1 saturated heterocycles. The minimum absolute atomic E-state index is 0.354. The zero-order chi connectivity index (χ0) is 14.1. The van der Waals surface area contributed by atoms with Crippen molar-refractivity contribution in [1.29, 1.82) is 0 Å². The molecular weight excluding hydrogens is 250 g/mol. The van der Waals surface area contributed by atoms with Crippen molar-refractivity contribution in [2.75, 3.05) is 6.54 Å². The summed E-state index contributed by atoms with van der Waals surface area (Å²) < 4.78 is 2.09. The number of aliphatic hydroxyl groups excluding tert-OH is 1. The number of aromatic nitrogens is 2. The Labute approximate surface area is 121 Å². The van der Waals surface area contributed by atoms with E-state index in [2.05, 4.69) is 28.3 Å². The molecule has 2 atom stereocenters. The molecule has 3 rings (SSSR count). The Morgan fingerprint density at radius 2 is 2.15 bits per heavy atom. The molecule has 20 heavy (non-hydrogen) atoms. The number of imidazole rings is 1. The number of hydrogen-bond donors (Lipinski definition) is 1. The van der Waals surface area contributed by atoms with Crippen molar-refractivity contribution >= 4 is 0 Å². The van der Waals surface area contributed by atoms with Crippen molar-refractivity contribution in [2.24, 2.45) is 0 Å². The minimum atomic E-state index is -0.354. The van der Waals surface area contributed by atoms with Gasteiger partial charge in [0.25, 0.3) is 0 Å². The number of piperidine rings is 1. The number of likely N-dealkylation sites (tertiary alicyclic amines) is 1. The van der Waals surface area contributed by atoms with Gasteiger partial charge in [0.1, 0.15) is 12.1 Å². The molecule has 0 aromatic carbocycles. The smallest absolute Gasteiger partial charge is 0.132 e. The van der Waals surface area contributed by atoms with E-state index >= 15 is 0 Å². The fraction of sp³-hybridized carbons (Fsp3) is 0.812. The lowest BCUT2D eigenvalue weighted by Gasteiger charge is -2.39. The fourth-order valence-corrected chi connectivity index (χ4v) is 3.87. The van der Waals surface area contributed by atoms with Crippen LogP contribution < -0.4 is 0 Å². The quantitative estimate of drug-likeness (QED) is 0.923. The third-order valence-electron chi connectivity index (χ3n) is 4.90. The molecule has 1 aromatic rings. The van der Waals surface area contributed by atoms with Crippen LogP contribution in [0.1, 0.15) is 63.7 Å². The number of aryl methyl sites for hydroxylation is 1. The van der Waals surface area contributed by atoms with E-state index in [9.17, 15) is 5.11 Å². The Kier molecular flexibility index (Phi) is 4.13. The molecule has 3 heterocycles. The van der Waals surface area contributed by atoms with Crippen LogP contribution in [0.4, 0.5) is 0 Å². The molecule has 2 aliphatic heterocycles. The predicted molar refractivity (Wildman–Crippen MR) is 79.6 cm³/mol. The summed E-state index contributed by atoms with van der Waals surface area (Å²) in [5.74, 6) is 1.09. The predicted octanol–water partition coefficient (Wildman–Crippen LogP) is 2.52. The Hall–Kier alpha value is -0.870. The van der Waals surface area contributed by atoms with Crippen LogP contribution in [-0.4, -0.2) is 38.2 Å². The van der Waals surface area contributed by atoms with Gasteiger partial charge in [-0.1, -0.05) is 6.42 Å². The Balaban J connectivity index is 1.78. The molecule has 0 radical (unpaired) electrons. The van der Waals surface area contributed by atoms with Crippen molar-refractivity contribution in [3.8, 4) is 0 Å². The van der Waals surface area contributed by atoms with Crippen LogP contribution in [-0.2, 0) is 12.8 Å². The Morgan fingerprint density at radius 1 is 1.30 bits per heavy atom. The highest BCUT2D eigenvalue weighted by molar-refractivity contribution is 5.10. The maximum Gasteiger partial charge on any atom is 0.132 e. The molecule has 1 aromatic heterocycles. The number of aliphatic hydroxyl groups is 1. The van der Waals surface area contributed by atoms with Crippen LogP contribution >= 0.6 is 0 Å². The van der Waals surface area contributed by atoms with Gasteiger partial charge >= 0.3 is 0 Å². The van der Waals surface area contributed by atoms with Crippen LogP contribution in [0.25, 0.3) is 0 Å². The number of hydrogen-bond acceptors (Lipinski definition) is 3. The number of nitrogens with zero attached hydrogens (tertiary/aromatic N) is 3. The van der Waals surface area contributed by atoms with E-state index in [0.717, 1.165) is 31.5 Å². The summed E-state index contributed by atoms with van der Waals surface area (Å²) in [6, 6.07) is 1.19. The van der Waals surface area contributed by atoms with Gasteiger partial charge < -0.3 is 9.67 Å². The van der Waals surface area contributed by atoms with Crippen LogP contribution in [0.3, 0.4) is 0 Å². The standard InChI is InChI=1S/C16H27N3O/c1-12(2)18-9-4-3-6-13(18)10-15-17-11-14-7-5-8-16(20)19(14)15/h11-13,16,20H,3-10H2,1-2H3. The van der Waals surface area contributed by atoms with Crippen LogP contribution in [0.5, 0.6) is 0 Å². The Morgan fingerprint density at radius 3 is 2.95 bits per heavy atom. The van der Waals surface area contributed by atoms with Crippen molar-refractivity contribution in [2.45, 2.75) is 77.1 Å². The second kappa shape index (κ2) is 5.86. The summed E-state index contributed by atoms with van der Waals surface area (Å²) >= 11 is 0. The average molecular weight is 277 g/mol. The van der Waals surface area contributed by atoms with E-state index in [4.69, 9.17) is 0 Å². The van der Waals surface area contributed by atoms with Crippen molar-refractivity contribution in [3.63, 3.8) is 0 Å². The van der Waals surface area contributed by atoms with Crippen LogP contribution in [0.2, 0.25) is 0 Å². The molecule has 4 heteroatoms. The van der Waals surface area contributed by atoms with Gasteiger partial charge in [-0.3, -0.25) is 4.90 Å². The van der Waals surface area contributed by atoms with E-state index in [1.807, 2.05) is 6.20 Å². The van der Waals surface area contributed by atoms with Crippen LogP contribution in [0.15, 0.2) is 6.20 Å². The lowest BCUT2D eigenvalue weighted by Crippen LogP contribution is -2.45. The second-order valence-electron chi connectivity index (χ2n) is 6.59. The first kappa shape index (κ1) is 14.1. The zero-order valence-electron chi connectivity index (χ0n) is 12.8. The number of fused-ring (bicyclic) bond motifs is 1. The van der Waals surface area contributed by atoms with Gasteiger partial charge in [-0.25, -0.2) is 4.98 Å². The molecule has 1 fully saturated rings. The second-order valence-corrected chi connectivity index (χ2v) is 6.59. The highest BCUT2D eigenvalue weighted by Crippen LogP contribution is 2.28. The molecule has 1 N–H and O–H groups in total. The molecule has 2 aliphatic rings. The van der Waals surface area contributed by atoms with Gasteiger partial charge in [-0.15, -0.1) is 0 Å². The molecule has 0 saturated carbocycles. The number of rotatable bonds is 3. The van der Waals surface area contributed by atoms with E-state index < -0.39 is 0 Å². The van der Waals surface area contributed by atoms with Gasteiger partial charge in [0, 0.05) is 30.4 Å². The normalized spacial score (nSPS) is 27.8. The highest BCUT2D eigenvalue weighted by atomic mass is 16.3. The lowest BCUT2D eigenvalue weighted by atomic mass is 9.97. The van der Waals surface area contributed by atoms with Gasteiger partial charge in [-0.2, -0.15) is 0 Å². The van der Waals surface area contributed by atoms with Gasteiger partial charge in [0.15, 0.2) is 0 Å². The largest absolute Gasteiger partial charge is 0.373 e. The summed E-state index contributed by atoms with van der Waals surface area (Å²) in [5, 5.41) is 10.2. The van der Waals surface area contributed by atoms with Gasteiger partial charge in [0.05, 0.1) is 0 Å². The Bertz CT molecular complexity index is 455. The summed E-state index contributed by atoms with van der Waals surface area (Å²) in [7, 11) is 0.